The maximum atomic E-state index is 11.5. The Balaban J connectivity index is 1.52. The number of Topliss-reactive ketones (excluding diaryl/α,β-unsaturated/α-hetero) is 1. The molecule has 134 valence electrons. The lowest BCUT2D eigenvalue weighted by Crippen LogP contribution is -2.36. The molecule has 2 aliphatic rings. The fourth-order valence-corrected chi connectivity index (χ4v) is 2.71. The standard InChI is InChI=1S/C17H25NO6/c19-14-4-3-5-15(14)24-17(21)7-6-16(20)23-11-2-1-8-18-9-12-22-13-10-18/h6-7,15H,1-5,8-13H2/b7-6+. The Morgan fingerprint density at radius 2 is 1.92 bits per heavy atom. The summed E-state index contributed by atoms with van der Waals surface area (Å²) in [6.07, 6.45) is 4.89. The molecule has 1 aliphatic heterocycles. The number of ketones is 1. The van der Waals surface area contributed by atoms with Gasteiger partial charge in [-0.15, -0.1) is 0 Å². The molecule has 0 N–H and O–H groups in total. The highest BCUT2D eigenvalue weighted by Gasteiger charge is 2.27. The molecule has 0 aromatic heterocycles. The second-order valence-corrected chi connectivity index (χ2v) is 5.95. The van der Waals surface area contributed by atoms with E-state index in [1.807, 2.05) is 0 Å². The summed E-state index contributed by atoms with van der Waals surface area (Å²) in [6.45, 7) is 4.76. The van der Waals surface area contributed by atoms with Crippen LogP contribution >= 0.6 is 0 Å². The minimum Gasteiger partial charge on any atom is -0.463 e. The van der Waals surface area contributed by atoms with Crippen molar-refractivity contribution in [3.8, 4) is 0 Å². The lowest BCUT2D eigenvalue weighted by molar-refractivity contribution is -0.149. The fourth-order valence-electron chi connectivity index (χ4n) is 2.71. The molecule has 0 aromatic rings. The van der Waals surface area contributed by atoms with E-state index in [0.717, 1.165) is 64.3 Å². The van der Waals surface area contributed by atoms with Crippen molar-refractivity contribution >= 4 is 17.7 Å². The molecule has 2 fully saturated rings. The summed E-state index contributed by atoms with van der Waals surface area (Å²) in [4.78, 5) is 36.7. The maximum Gasteiger partial charge on any atom is 0.331 e. The van der Waals surface area contributed by atoms with Crippen molar-refractivity contribution in [1.82, 2.24) is 4.90 Å². The Morgan fingerprint density at radius 1 is 1.17 bits per heavy atom. The normalized spacial score (nSPS) is 22.0. The summed E-state index contributed by atoms with van der Waals surface area (Å²) in [5.41, 5.74) is 0. The molecule has 0 amide bonds. The Morgan fingerprint density at radius 3 is 2.62 bits per heavy atom. The molecular weight excluding hydrogens is 314 g/mol. The van der Waals surface area contributed by atoms with E-state index in [0.29, 0.717) is 19.4 Å². The summed E-state index contributed by atoms with van der Waals surface area (Å²) in [5.74, 6) is -1.31. The van der Waals surface area contributed by atoms with Crippen LogP contribution in [0.3, 0.4) is 0 Å². The highest BCUT2D eigenvalue weighted by atomic mass is 16.5. The number of rotatable bonds is 8. The first-order chi connectivity index (χ1) is 11.6. The molecule has 7 heteroatoms. The first kappa shape index (κ1) is 18.6. The average Bonchev–Trinajstić information content (AvgIpc) is 2.98. The Bertz CT molecular complexity index is 470. The van der Waals surface area contributed by atoms with Gasteiger partial charge in [0.15, 0.2) is 11.9 Å². The number of carbonyl (C=O) groups is 3. The molecule has 1 heterocycles. The van der Waals surface area contributed by atoms with E-state index in [1.54, 1.807) is 0 Å². The van der Waals surface area contributed by atoms with Crippen molar-refractivity contribution in [2.24, 2.45) is 0 Å². The van der Waals surface area contributed by atoms with Gasteiger partial charge in [0.25, 0.3) is 0 Å². The molecule has 1 saturated heterocycles. The van der Waals surface area contributed by atoms with Gasteiger partial charge in [0.05, 0.1) is 19.8 Å². The monoisotopic (exact) mass is 339 g/mol. The molecule has 0 radical (unpaired) electrons. The number of hydrogen-bond acceptors (Lipinski definition) is 7. The Hall–Kier alpha value is -1.73. The molecule has 0 spiro atoms. The van der Waals surface area contributed by atoms with E-state index in [9.17, 15) is 14.4 Å². The Kier molecular flexibility index (Phi) is 7.91. The number of esters is 2. The second-order valence-electron chi connectivity index (χ2n) is 5.95. The topological polar surface area (TPSA) is 82.1 Å². The van der Waals surface area contributed by atoms with Crippen LogP contribution in [0.15, 0.2) is 12.2 Å². The molecule has 24 heavy (non-hydrogen) atoms. The van der Waals surface area contributed by atoms with Crippen LogP contribution in [0.25, 0.3) is 0 Å². The largest absolute Gasteiger partial charge is 0.463 e. The Labute approximate surface area is 141 Å². The van der Waals surface area contributed by atoms with Crippen LogP contribution in [-0.4, -0.2) is 68.2 Å². The van der Waals surface area contributed by atoms with Crippen molar-refractivity contribution in [1.29, 1.82) is 0 Å². The van der Waals surface area contributed by atoms with E-state index >= 15 is 0 Å². The second kappa shape index (κ2) is 10.2. The highest BCUT2D eigenvalue weighted by Crippen LogP contribution is 2.17. The van der Waals surface area contributed by atoms with Crippen molar-refractivity contribution in [3.63, 3.8) is 0 Å². The highest BCUT2D eigenvalue weighted by molar-refractivity contribution is 5.94. The van der Waals surface area contributed by atoms with Crippen molar-refractivity contribution in [2.45, 2.75) is 38.2 Å². The zero-order valence-electron chi connectivity index (χ0n) is 13.9. The van der Waals surface area contributed by atoms with Crippen LogP contribution in [0.5, 0.6) is 0 Å². The summed E-state index contributed by atoms with van der Waals surface area (Å²) in [7, 11) is 0. The zero-order valence-corrected chi connectivity index (χ0v) is 13.9. The van der Waals surface area contributed by atoms with E-state index in [4.69, 9.17) is 14.2 Å². The number of morpholine rings is 1. The van der Waals surface area contributed by atoms with E-state index < -0.39 is 18.0 Å². The number of hydrogen-bond donors (Lipinski definition) is 0. The fraction of sp³-hybridized carbons (Fsp3) is 0.706. The number of carbonyl (C=O) groups excluding carboxylic acids is 3. The number of ether oxygens (including phenoxy) is 3. The van der Waals surface area contributed by atoms with Crippen molar-refractivity contribution in [2.75, 3.05) is 39.5 Å². The molecule has 1 atom stereocenters. The summed E-state index contributed by atoms with van der Waals surface area (Å²) in [6, 6.07) is 0. The van der Waals surface area contributed by atoms with Crippen LogP contribution < -0.4 is 0 Å². The molecule has 1 aliphatic carbocycles. The van der Waals surface area contributed by atoms with Gasteiger partial charge in [0.2, 0.25) is 0 Å². The van der Waals surface area contributed by atoms with Crippen molar-refractivity contribution < 1.29 is 28.6 Å². The van der Waals surface area contributed by atoms with Gasteiger partial charge in [0.1, 0.15) is 0 Å². The van der Waals surface area contributed by atoms with Gasteiger partial charge in [-0.2, -0.15) is 0 Å². The lowest BCUT2D eigenvalue weighted by atomic mass is 10.3. The molecular formula is C17H25NO6. The average molecular weight is 339 g/mol. The maximum absolute atomic E-state index is 11.5. The minimum absolute atomic E-state index is 0.0559. The van der Waals surface area contributed by atoms with E-state index in [1.165, 1.54) is 0 Å². The molecule has 7 nitrogen and oxygen atoms in total. The smallest absolute Gasteiger partial charge is 0.331 e. The van der Waals surface area contributed by atoms with E-state index in [-0.39, 0.29) is 5.78 Å². The van der Waals surface area contributed by atoms with Gasteiger partial charge in [-0.25, -0.2) is 9.59 Å². The van der Waals surface area contributed by atoms with Crippen LogP contribution in [0, 0.1) is 0 Å². The van der Waals surface area contributed by atoms with E-state index in [2.05, 4.69) is 4.90 Å². The third-order valence-corrected chi connectivity index (χ3v) is 4.08. The molecule has 0 aromatic carbocycles. The SMILES string of the molecule is O=C(/C=C/C(=O)OC1CCCC1=O)OCCCCN1CCOCC1. The summed E-state index contributed by atoms with van der Waals surface area (Å²) < 4.78 is 15.3. The van der Waals surface area contributed by atoms with Crippen LogP contribution in [-0.2, 0) is 28.6 Å². The van der Waals surface area contributed by atoms with Crippen LogP contribution in [0.2, 0.25) is 0 Å². The molecule has 0 bridgehead atoms. The molecule has 1 saturated carbocycles. The van der Waals surface area contributed by atoms with Gasteiger partial charge in [0, 0.05) is 31.7 Å². The van der Waals surface area contributed by atoms with Gasteiger partial charge >= 0.3 is 11.9 Å². The van der Waals surface area contributed by atoms with Gasteiger partial charge < -0.3 is 14.2 Å². The van der Waals surface area contributed by atoms with Gasteiger partial charge in [-0.1, -0.05) is 0 Å². The predicted octanol–water partition coefficient (Wildman–Crippen LogP) is 0.863. The van der Waals surface area contributed by atoms with Crippen molar-refractivity contribution in [3.05, 3.63) is 12.2 Å². The zero-order chi connectivity index (χ0) is 17.2. The number of unbranched alkanes of at least 4 members (excludes halogenated alkanes) is 1. The summed E-state index contributed by atoms with van der Waals surface area (Å²) >= 11 is 0. The third-order valence-electron chi connectivity index (χ3n) is 4.08. The predicted molar refractivity (Wildman–Crippen MR) is 85.3 cm³/mol. The van der Waals surface area contributed by atoms with Crippen LogP contribution in [0.4, 0.5) is 0 Å². The third kappa shape index (κ3) is 6.80. The molecule has 2 rings (SSSR count). The van der Waals surface area contributed by atoms with Gasteiger partial charge in [-0.3, -0.25) is 9.69 Å². The minimum atomic E-state index is -0.681. The number of nitrogens with zero attached hydrogens (tertiary/aromatic N) is 1. The summed E-state index contributed by atoms with van der Waals surface area (Å²) in [5, 5.41) is 0. The van der Waals surface area contributed by atoms with Gasteiger partial charge in [-0.05, 0) is 32.2 Å². The lowest BCUT2D eigenvalue weighted by Gasteiger charge is -2.26. The first-order valence-corrected chi connectivity index (χ1v) is 8.53. The quantitative estimate of drug-likeness (QED) is 0.368. The van der Waals surface area contributed by atoms with Crippen LogP contribution in [0.1, 0.15) is 32.1 Å². The molecule has 1 unspecified atom stereocenters. The first-order valence-electron chi connectivity index (χ1n) is 8.53.